The summed E-state index contributed by atoms with van der Waals surface area (Å²) in [5.41, 5.74) is 3.28. The first-order chi connectivity index (χ1) is 12.8. The summed E-state index contributed by atoms with van der Waals surface area (Å²) in [7, 11) is 0. The maximum absolute atomic E-state index is 13.2. The molecule has 0 unspecified atom stereocenters. The van der Waals surface area contributed by atoms with E-state index in [9.17, 15) is 18.4 Å². The fraction of sp³-hybridized carbons (Fsp3) is 0.167. The predicted molar refractivity (Wildman–Crippen MR) is 99.8 cm³/mol. The second kappa shape index (κ2) is 7.75. The van der Waals surface area contributed by atoms with Crippen molar-refractivity contribution in [3.63, 3.8) is 0 Å². The maximum Gasteiger partial charge on any atom is 0.325 e. The molecule has 0 aliphatic rings. The van der Waals surface area contributed by atoms with Gasteiger partial charge in [0.1, 0.15) is 0 Å². The lowest BCUT2D eigenvalue weighted by atomic mass is 10.1. The summed E-state index contributed by atoms with van der Waals surface area (Å²) < 4.78 is 26.4. The lowest BCUT2D eigenvalue weighted by molar-refractivity contribution is -0.117. The van der Waals surface area contributed by atoms with Gasteiger partial charge in [-0.05, 0) is 37.1 Å². The highest BCUT2D eigenvalue weighted by Crippen LogP contribution is 2.21. The topological polar surface area (TPSA) is 86.9 Å². The number of nitrogens with zero attached hydrogens (tertiary/aromatic N) is 1. The number of urea groups is 1. The minimum atomic E-state index is -0.994. The second-order valence-electron chi connectivity index (χ2n) is 5.92. The summed E-state index contributed by atoms with van der Waals surface area (Å²) >= 11 is 1.02. The van der Waals surface area contributed by atoms with Gasteiger partial charge in [-0.2, -0.15) is 0 Å². The summed E-state index contributed by atoms with van der Waals surface area (Å²) in [6, 6.07) is 6.75. The number of imidazole rings is 1. The van der Waals surface area contributed by atoms with Crippen LogP contribution in [0.4, 0.5) is 19.3 Å². The van der Waals surface area contributed by atoms with Crippen LogP contribution in [0, 0.1) is 25.5 Å². The summed E-state index contributed by atoms with van der Waals surface area (Å²) in [6.07, 6.45) is 0. The first kappa shape index (κ1) is 18.8. The number of amides is 3. The molecule has 0 fully saturated rings. The molecule has 0 atom stereocenters. The highest BCUT2D eigenvalue weighted by Gasteiger charge is 2.12. The largest absolute Gasteiger partial charge is 0.333 e. The molecule has 0 radical (unpaired) electrons. The average molecular weight is 390 g/mol. The van der Waals surface area contributed by atoms with Gasteiger partial charge in [0.2, 0.25) is 5.91 Å². The van der Waals surface area contributed by atoms with Crippen LogP contribution in [0.2, 0.25) is 0 Å². The minimum Gasteiger partial charge on any atom is -0.333 e. The van der Waals surface area contributed by atoms with E-state index in [2.05, 4.69) is 20.6 Å². The number of carbonyl (C=O) groups excluding carboxylic acids is 2. The number of H-pyrrole nitrogens is 1. The van der Waals surface area contributed by atoms with Crippen LogP contribution in [0.1, 0.15) is 11.1 Å². The Bertz CT molecular complexity index is 997. The Morgan fingerprint density at radius 1 is 1.11 bits per heavy atom. The van der Waals surface area contributed by atoms with Gasteiger partial charge in [-0.25, -0.2) is 18.6 Å². The monoisotopic (exact) mass is 390 g/mol. The SMILES string of the molecule is Cc1ccc(NC(=O)NC(=O)CSc2nc3cc(F)c(F)cc3[nH]2)cc1C. The van der Waals surface area contributed by atoms with Crippen LogP contribution < -0.4 is 10.6 Å². The van der Waals surface area contributed by atoms with Crippen molar-refractivity contribution >= 4 is 40.4 Å². The van der Waals surface area contributed by atoms with Crippen molar-refractivity contribution in [3.8, 4) is 0 Å². The molecule has 1 heterocycles. The molecule has 3 amide bonds. The number of hydrogen-bond acceptors (Lipinski definition) is 4. The standard InChI is InChI=1S/C18H16F2N4O2S/c1-9-3-4-11(5-10(9)2)21-17(26)24-16(25)8-27-18-22-14-6-12(19)13(20)7-15(14)23-18/h3-7H,8H2,1-2H3,(H,22,23)(H2,21,24,25,26). The zero-order chi connectivity index (χ0) is 19.6. The van der Waals surface area contributed by atoms with Gasteiger partial charge in [0.15, 0.2) is 16.8 Å². The summed E-state index contributed by atoms with van der Waals surface area (Å²) in [6.45, 7) is 3.88. The van der Waals surface area contributed by atoms with Gasteiger partial charge >= 0.3 is 6.03 Å². The number of halogens is 2. The van der Waals surface area contributed by atoms with E-state index in [-0.39, 0.29) is 11.3 Å². The van der Waals surface area contributed by atoms with Gasteiger partial charge in [0.25, 0.3) is 0 Å². The molecule has 0 saturated heterocycles. The average Bonchev–Trinajstić information content (AvgIpc) is 2.98. The Morgan fingerprint density at radius 3 is 2.59 bits per heavy atom. The molecule has 0 aliphatic heterocycles. The Morgan fingerprint density at radius 2 is 1.85 bits per heavy atom. The third kappa shape index (κ3) is 4.62. The van der Waals surface area contributed by atoms with Crippen LogP contribution >= 0.6 is 11.8 Å². The molecule has 3 N–H and O–H groups in total. The van der Waals surface area contributed by atoms with Crippen LogP contribution in [0.15, 0.2) is 35.5 Å². The molecule has 140 valence electrons. The Kier molecular flexibility index (Phi) is 5.41. The van der Waals surface area contributed by atoms with E-state index >= 15 is 0 Å². The van der Waals surface area contributed by atoms with E-state index in [1.807, 2.05) is 19.9 Å². The number of imide groups is 1. The van der Waals surface area contributed by atoms with E-state index in [1.54, 1.807) is 12.1 Å². The second-order valence-corrected chi connectivity index (χ2v) is 6.88. The number of nitrogens with one attached hydrogen (secondary N) is 3. The number of rotatable bonds is 4. The number of hydrogen-bond donors (Lipinski definition) is 3. The minimum absolute atomic E-state index is 0.0921. The molecule has 1 aromatic heterocycles. The number of fused-ring (bicyclic) bond motifs is 1. The summed E-state index contributed by atoms with van der Waals surface area (Å²) in [5.74, 6) is -2.60. The van der Waals surface area contributed by atoms with Gasteiger partial charge in [0.05, 0.1) is 16.8 Å². The quantitative estimate of drug-likeness (QED) is 0.590. The molecule has 6 nitrogen and oxygen atoms in total. The third-order valence-electron chi connectivity index (χ3n) is 3.86. The van der Waals surface area contributed by atoms with Crippen molar-refractivity contribution in [3.05, 3.63) is 53.1 Å². The number of aryl methyl sites for hydroxylation is 2. The van der Waals surface area contributed by atoms with Gasteiger partial charge in [-0.3, -0.25) is 10.1 Å². The van der Waals surface area contributed by atoms with E-state index in [0.717, 1.165) is 35.0 Å². The Labute approximate surface area is 157 Å². The maximum atomic E-state index is 13.2. The zero-order valence-corrected chi connectivity index (χ0v) is 15.3. The Hall–Kier alpha value is -2.94. The third-order valence-corrected chi connectivity index (χ3v) is 4.73. The summed E-state index contributed by atoms with van der Waals surface area (Å²) in [5, 5.41) is 5.12. The molecule has 9 heteroatoms. The van der Waals surface area contributed by atoms with E-state index < -0.39 is 23.6 Å². The fourth-order valence-electron chi connectivity index (χ4n) is 2.33. The molecule has 0 bridgehead atoms. The number of thioether (sulfide) groups is 1. The van der Waals surface area contributed by atoms with E-state index in [1.165, 1.54) is 0 Å². The van der Waals surface area contributed by atoms with Crippen molar-refractivity contribution < 1.29 is 18.4 Å². The van der Waals surface area contributed by atoms with Gasteiger partial charge < -0.3 is 10.3 Å². The van der Waals surface area contributed by atoms with E-state index in [4.69, 9.17) is 0 Å². The van der Waals surface area contributed by atoms with Crippen LogP contribution in [-0.2, 0) is 4.79 Å². The van der Waals surface area contributed by atoms with Gasteiger partial charge in [-0.1, -0.05) is 17.8 Å². The molecule has 0 aliphatic carbocycles. The molecular weight excluding hydrogens is 374 g/mol. The predicted octanol–water partition coefficient (Wildman–Crippen LogP) is 3.90. The molecule has 3 rings (SSSR count). The van der Waals surface area contributed by atoms with Crippen molar-refractivity contribution in [2.75, 3.05) is 11.1 Å². The highest BCUT2D eigenvalue weighted by molar-refractivity contribution is 7.99. The van der Waals surface area contributed by atoms with E-state index in [0.29, 0.717) is 16.4 Å². The molecule has 27 heavy (non-hydrogen) atoms. The van der Waals surface area contributed by atoms with Crippen LogP contribution in [0.25, 0.3) is 11.0 Å². The van der Waals surface area contributed by atoms with Crippen LogP contribution in [-0.4, -0.2) is 27.7 Å². The molecule has 0 saturated carbocycles. The first-order valence-corrected chi connectivity index (χ1v) is 8.96. The van der Waals surface area contributed by atoms with Gasteiger partial charge in [0, 0.05) is 17.8 Å². The molecule has 3 aromatic rings. The number of aromatic amines is 1. The number of anilines is 1. The van der Waals surface area contributed by atoms with Gasteiger partial charge in [-0.15, -0.1) is 0 Å². The number of carbonyl (C=O) groups is 2. The molecular formula is C18H16F2N4O2S. The molecule has 0 spiro atoms. The van der Waals surface area contributed by atoms with Crippen molar-refractivity contribution in [2.45, 2.75) is 19.0 Å². The highest BCUT2D eigenvalue weighted by atomic mass is 32.2. The molecule has 2 aromatic carbocycles. The normalized spacial score (nSPS) is 10.8. The van der Waals surface area contributed by atoms with Crippen molar-refractivity contribution in [1.29, 1.82) is 0 Å². The Balaban J connectivity index is 1.54. The first-order valence-electron chi connectivity index (χ1n) is 7.97. The lowest BCUT2D eigenvalue weighted by Crippen LogP contribution is -2.35. The van der Waals surface area contributed by atoms with Crippen molar-refractivity contribution in [2.24, 2.45) is 0 Å². The summed E-state index contributed by atoms with van der Waals surface area (Å²) in [4.78, 5) is 30.7. The van der Waals surface area contributed by atoms with Crippen molar-refractivity contribution in [1.82, 2.24) is 15.3 Å². The number of aromatic nitrogens is 2. The van der Waals surface area contributed by atoms with Crippen LogP contribution in [0.5, 0.6) is 0 Å². The lowest BCUT2D eigenvalue weighted by Gasteiger charge is -2.08. The number of benzene rings is 2. The fourth-order valence-corrected chi connectivity index (χ4v) is 3.01. The van der Waals surface area contributed by atoms with Crippen LogP contribution in [0.3, 0.4) is 0 Å². The smallest absolute Gasteiger partial charge is 0.325 e. The zero-order valence-electron chi connectivity index (χ0n) is 14.5.